The molecule has 1 atom stereocenters. The zero-order valence-electron chi connectivity index (χ0n) is 10.6. The lowest BCUT2D eigenvalue weighted by molar-refractivity contribution is 0.558. The summed E-state index contributed by atoms with van der Waals surface area (Å²) in [6, 6.07) is 2.25. The van der Waals surface area contributed by atoms with Gasteiger partial charge in [0.25, 0.3) is 0 Å². The topological polar surface area (TPSA) is 58.5 Å². The number of aryl methyl sites for hydroxylation is 2. The minimum absolute atomic E-state index is 0.266. The first-order chi connectivity index (χ1) is 8.20. The molecule has 2 N–H and O–H groups in total. The maximum atomic E-state index is 4.43. The number of nitrogens with one attached hydrogen (secondary N) is 2. The van der Waals surface area contributed by atoms with Crippen molar-refractivity contribution in [1.29, 1.82) is 0 Å². The maximum absolute atomic E-state index is 4.43. The molecule has 2 aromatic rings. The fourth-order valence-electron chi connectivity index (χ4n) is 1.91. The largest absolute Gasteiger partial charge is 0.305 e. The number of hydrogen-bond acceptors (Lipinski definition) is 3. The highest BCUT2D eigenvalue weighted by atomic mass is 15.3. The van der Waals surface area contributed by atoms with Gasteiger partial charge in [-0.25, -0.2) is 0 Å². The van der Waals surface area contributed by atoms with Crippen molar-refractivity contribution in [2.75, 3.05) is 0 Å². The first-order valence-corrected chi connectivity index (χ1v) is 5.94. The van der Waals surface area contributed by atoms with E-state index >= 15 is 0 Å². The van der Waals surface area contributed by atoms with E-state index in [9.17, 15) is 0 Å². The van der Waals surface area contributed by atoms with Crippen LogP contribution in [0.1, 0.15) is 36.8 Å². The Kier molecular flexibility index (Phi) is 3.58. The van der Waals surface area contributed by atoms with Gasteiger partial charge in [-0.2, -0.15) is 10.2 Å². The van der Waals surface area contributed by atoms with E-state index in [1.807, 2.05) is 17.8 Å². The molecule has 0 bridgehead atoms. The Bertz CT molecular complexity index is 457. The third-order valence-electron chi connectivity index (χ3n) is 2.91. The van der Waals surface area contributed by atoms with E-state index in [0.717, 1.165) is 24.4 Å². The lowest BCUT2D eigenvalue weighted by Gasteiger charge is -2.11. The summed E-state index contributed by atoms with van der Waals surface area (Å²) < 4.78 is 1.87. The zero-order valence-corrected chi connectivity index (χ0v) is 10.6. The van der Waals surface area contributed by atoms with Crippen LogP contribution in [0.25, 0.3) is 0 Å². The molecule has 0 aliphatic rings. The standard InChI is InChI=1S/C12H19N5/c1-4-11-10(8-17(3)16-11)7-13-9(2)12-5-6-14-15-12/h5-6,8-9,13H,4,7H2,1-3H3,(H,14,15). The lowest BCUT2D eigenvalue weighted by Crippen LogP contribution is -2.18. The summed E-state index contributed by atoms with van der Waals surface area (Å²) in [7, 11) is 1.96. The highest BCUT2D eigenvalue weighted by molar-refractivity contribution is 5.17. The summed E-state index contributed by atoms with van der Waals surface area (Å²) in [5, 5.41) is 14.8. The molecule has 0 aliphatic carbocycles. The Labute approximate surface area is 101 Å². The quantitative estimate of drug-likeness (QED) is 0.824. The fraction of sp³-hybridized carbons (Fsp3) is 0.500. The summed E-state index contributed by atoms with van der Waals surface area (Å²) >= 11 is 0. The Morgan fingerprint density at radius 1 is 1.53 bits per heavy atom. The molecule has 2 heterocycles. The van der Waals surface area contributed by atoms with Crippen LogP contribution in [0.3, 0.4) is 0 Å². The molecule has 92 valence electrons. The average Bonchev–Trinajstić information content (AvgIpc) is 2.94. The molecule has 5 nitrogen and oxygen atoms in total. The molecule has 2 aromatic heterocycles. The van der Waals surface area contributed by atoms with Crippen molar-refractivity contribution < 1.29 is 0 Å². The van der Waals surface area contributed by atoms with Crippen molar-refractivity contribution in [3.63, 3.8) is 0 Å². The zero-order chi connectivity index (χ0) is 12.3. The van der Waals surface area contributed by atoms with Crippen LogP contribution < -0.4 is 5.32 Å². The molecule has 0 radical (unpaired) electrons. The highest BCUT2D eigenvalue weighted by Crippen LogP contribution is 2.11. The second kappa shape index (κ2) is 5.14. The van der Waals surface area contributed by atoms with Crippen LogP contribution in [0.5, 0.6) is 0 Å². The highest BCUT2D eigenvalue weighted by Gasteiger charge is 2.09. The minimum atomic E-state index is 0.266. The number of rotatable bonds is 5. The molecule has 17 heavy (non-hydrogen) atoms. The van der Waals surface area contributed by atoms with Crippen molar-refractivity contribution in [1.82, 2.24) is 25.3 Å². The number of hydrogen-bond donors (Lipinski definition) is 2. The maximum Gasteiger partial charge on any atom is 0.0666 e. The summed E-state index contributed by atoms with van der Waals surface area (Å²) in [5.41, 5.74) is 3.53. The van der Waals surface area contributed by atoms with Gasteiger partial charge < -0.3 is 5.32 Å². The van der Waals surface area contributed by atoms with Crippen LogP contribution >= 0.6 is 0 Å². The third kappa shape index (κ3) is 2.74. The Hall–Kier alpha value is -1.62. The SMILES string of the molecule is CCc1nn(C)cc1CNC(C)c1ccn[nH]1. The van der Waals surface area contributed by atoms with Crippen LogP contribution in [0.15, 0.2) is 18.5 Å². The van der Waals surface area contributed by atoms with Crippen LogP contribution in [0, 0.1) is 0 Å². The molecule has 0 aliphatic heterocycles. The van der Waals surface area contributed by atoms with E-state index in [-0.39, 0.29) is 6.04 Å². The summed E-state index contributed by atoms with van der Waals surface area (Å²) in [6.45, 7) is 5.08. The second-order valence-electron chi connectivity index (χ2n) is 4.24. The molecular formula is C12H19N5. The monoisotopic (exact) mass is 233 g/mol. The van der Waals surface area contributed by atoms with Gasteiger partial charge in [-0.1, -0.05) is 6.92 Å². The summed E-state index contributed by atoms with van der Waals surface area (Å²) in [5.74, 6) is 0. The van der Waals surface area contributed by atoms with Gasteiger partial charge >= 0.3 is 0 Å². The Morgan fingerprint density at radius 3 is 3.00 bits per heavy atom. The third-order valence-corrected chi connectivity index (χ3v) is 2.91. The molecule has 0 fully saturated rings. The van der Waals surface area contributed by atoms with Gasteiger partial charge in [0.15, 0.2) is 0 Å². The predicted octanol–water partition coefficient (Wildman–Crippen LogP) is 1.56. The summed E-state index contributed by atoms with van der Waals surface area (Å²) in [4.78, 5) is 0. The van der Waals surface area contributed by atoms with Crippen LogP contribution in [0.2, 0.25) is 0 Å². The van der Waals surface area contributed by atoms with Gasteiger partial charge in [0.1, 0.15) is 0 Å². The van der Waals surface area contributed by atoms with Gasteiger partial charge in [-0.15, -0.1) is 0 Å². The van der Waals surface area contributed by atoms with Crippen LogP contribution in [-0.2, 0) is 20.0 Å². The van der Waals surface area contributed by atoms with Crippen LogP contribution in [-0.4, -0.2) is 20.0 Å². The molecule has 5 heteroatoms. The van der Waals surface area contributed by atoms with Crippen molar-refractivity contribution >= 4 is 0 Å². The van der Waals surface area contributed by atoms with E-state index in [1.165, 1.54) is 5.56 Å². The normalized spacial score (nSPS) is 12.9. The smallest absolute Gasteiger partial charge is 0.0666 e. The molecule has 2 rings (SSSR count). The van der Waals surface area contributed by atoms with E-state index in [2.05, 4.69) is 40.7 Å². The number of aromatic nitrogens is 4. The molecule has 0 amide bonds. The Morgan fingerprint density at radius 2 is 2.35 bits per heavy atom. The second-order valence-corrected chi connectivity index (χ2v) is 4.24. The lowest BCUT2D eigenvalue weighted by atomic mass is 10.2. The first-order valence-electron chi connectivity index (χ1n) is 5.94. The van der Waals surface area contributed by atoms with Crippen molar-refractivity contribution in [3.8, 4) is 0 Å². The number of nitrogens with zero attached hydrogens (tertiary/aromatic N) is 3. The van der Waals surface area contributed by atoms with Gasteiger partial charge in [0.05, 0.1) is 11.4 Å². The number of H-pyrrole nitrogens is 1. The predicted molar refractivity (Wildman–Crippen MR) is 66.4 cm³/mol. The van der Waals surface area contributed by atoms with E-state index in [1.54, 1.807) is 6.20 Å². The molecule has 0 spiro atoms. The van der Waals surface area contributed by atoms with E-state index < -0.39 is 0 Å². The van der Waals surface area contributed by atoms with Crippen molar-refractivity contribution in [2.24, 2.45) is 7.05 Å². The van der Waals surface area contributed by atoms with Crippen molar-refractivity contribution in [3.05, 3.63) is 35.4 Å². The molecule has 0 saturated heterocycles. The first kappa shape index (κ1) is 11.9. The average molecular weight is 233 g/mol. The van der Waals surface area contributed by atoms with Gasteiger partial charge in [0.2, 0.25) is 0 Å². The fourth-order valence-corrected chi connectivity index (χ4v) is 1.91. The van der Waals surface area contributed by atoms with E-state index in [0.29, 0.717) is 0 Å². The van der Waals surface area contributed by atoms with E-state index in [4.69, 9.17) is 0 Å². The van der Waals surface area contributed by atoms with Gasteiger partial charge in [0, 0.05) is 37.6 Å². The van der Waals surface area contributed by atoms with Crippen molar-refractivity contribution in [2.45, 2.75) is 32.9 Å². The van der Waals surface area contributed by atoms with Gasteiger partial charge in [-0.3, -0.25) is 9.78 Å². The Balaban J connectivity index is 1.97. The van der Waals surface area contributed by atoms with Gasteiger partial charge in [-0.05, 0) is 19.4 Å². The number of aromatic amines is 1. The molecular weight excluding hydrogens is 214 g/mol. The minimum Gasteiger partial charge on any atom is -0.305 e. The molecule has 1 unspecified atom stereocenters. The summed E-state index contributed by atoms with van der Waals surface area (Å²) in [6.07, 6.45) is 4.82. The molecule has 0 aromatic carbocycles. The van der Waals surface area contributed by atoms with Crippen LogP contribution in [0.4, 0.5) is 0 Å². The molecule has 0 saturated carbocycles.